The van der Waals surface area contributed by atoms with Gasteiger partial charge in [0, 0.05) is 10.6 Å². The zero-order valence-electron chi connectivity index (χ0n) is 13.1. The van der Waals surface area contributed by atoms with Crippen molar-refractivity contribution >= 4 is 23.1 Å². The van der Waals surface area contributed by atoms with Crippen LogP contribution in [0.25, 0.3) is 5.57 Å². The monoisotopic (exact) mass is 310 g/mol. The van der Waals surface area contributed by atoms with Gasteiger partial charge in [0.25, 0.3) is 0 Å². The molecule has 1 aromatic carbocycles. The summed E-state index contributed by atoms with van der Waals surface area (Å²) in [4.78, 5) is 10.8. The van der Waals surface area contributed by atoms with Crippen molar-refractivity contribution in [3.05, 3.63) is 34.4 Å². The summed E-state index contributed by atoms with van der Waals surface area (Å²) < 4.78 is 5.83. The van der Waals surface area contributed by atoms with E-state index in [0.29, 0.717) is 11.6 Å². The molecule has 21 heavy (non-hydrogen) atoms. The van der Waals surface area contributed by atoms with Crippen molar-refractivity contribution in [3.8, 4) is 5.75 Å². The molecule has 4 heteroatoms. The van der Waals surface area contributed by atoms with Crippen LogP contribution in [0.1, 0.15) is 57.6 Å². The van der Waals surface area contributed by atoms with Gasteiger partial charge in [0.05, 0.1) is 13.0 Å². The van der Waals surface area contributed by atoms with E-state index in [4.69, 9.17) is 21.4 Å². The van der Waals surface area contributed by atoms with Gasteiger partial charge < -0.3 is 9.84 Å². The molecular weight excluding hydrogens is 288 g/mol. The van der Waals surface area contributed by atoms with E-state index in [1.54, 1.807) is 6.08 Å². The second kappa shape index (κ2) is 8.08. The minimum atomic E-state index is -0.843. The highest BCUT2D eigenvalue weighted by molar-refractivity contribution is 6.31. The second-order valence-corrected chi connectivity index (χ2v) is 5.58. The van der Waals surface area contributed by atoms with E-state index in [9.17, 15) is 4.79 Å². The SMILES string of the molecule is CCOc1c(/C(=C/CC(=O)O)CC)cc(Cl)cc1C(C)C. The highest BCUT2D eigenvalue weighted by Gasteiger charge is 2.16. The van der Waals surface area contributed by atoms with Crippen LogP contribution < -0.4 is 4.74 Å². The predicted molar refractivity (Wildman–Crippen MR) is 87.2 cm³/mol. The van der Waals surface area contributed by atoms with Crippen LogP contribution in [-0.4, -0.2) is 17.7 Å². The summed E-state index contributed by atoms with van der Waals surface area (Å²) in [5.74, 6) is 0.252. The predicted octanol–water partition coefficient (Wildman–Crippen LogP) is 5.13. The summed E-state index contributed by atoms with van der Waals surface area (Å²) in [6.07, 6.45) is 2.46. The largest absolute Gasteiger partial charge is 0.493 e. The summed E-state index contributed by atoms with van der Waals surface area (Å²) in [7, 11) is 0. The molecular formula is C17H23ClO3. The van der Waals surface area contributed by atoms with Crippen LogP contribution in [0.5, 0.6) is 5.75 Å². The lowest BCUT2D eigenvalue weighted by molar-refractivity contribution is -0.135. The van der Waals surface area contributed by atoms with Gasteiger partial charge in [-0.05, 0) is 42.5 Å². The first-order valence-corrected chi connectivity index (χ1v) is 7.65. The van der Waals surface area contributed by atoms with E-state index < -0.39 is 5.97 Å². The Morgan fingerprint density at radius 2 is 2.05 bits per heavy atom. The van der Waals surface area contributed by atoms with Gasteiger partial charge in [-0.1, -0.05) is 38.4 Å². The Hall–Kier alpha value is -1.48. The normalized spacial score (nSPS) is 11.8. The number of rotatable bonds is 7. The summed E-state index contributed by atoms with van der Waals surface area (Å²) in [6.45, 7) is 8.67. The molecule has 0 saturated carbocycles. The standard InChI is InChI=1S/C17H23ClO3/c1-5-12(7-8-16(19)20)15-10-13(18)9-14(11(3)4)17(15)21-6-2/h7,9-11H,5-6,8H2,1-4H3,(H,19,20)/b12-7+. The van der Waals surface area contributed by atoms with Gasteiger partial charge in [-0.15, -0.1) is 0 Å². The fourth-order valence-electron chi connectivity index (χ4n) is 2.24. The van der Waals surface area contributed by atoms with Crippen LogP contribution >= 0.6 is 11.6 Å². The van der Waals surface area contributed by atoms with Gasteiger partial charge in [-0.25, -0.2) is 0 Å². The van der Waals surface area contributed by atoms with Crippen LogP contribution in [0.15, 0.2) is 18.2 Å². The van der Waals surface area contributed by atoms with Crippen LogP contribution in [0, 0.1) is 0 Å². The zero-order chi connectivity index (χ0) is 16.0. The molecule has 0 aliphatic carbocycles. The summed E-state index contributed by atoms with van der Waals surface area (Å²) in [6, 6.07) is 3.78. The van der Waals surface area contributed by atoms with Crippen molar-refractivity contribution < 1.29 is 14.6 Å². The highest BCUT2D eigenvalue weighted by atomic mass is 35.5. The Labute approximate surface area is 131 Å². The fraction of sp³-hybridized carbons (Fsp3) is 0.471. The number of carboxylic acid groups (broad SMARTS) is 1. The maximum absolute atomic E-state index is 10.8. The molecule has 0 amide bonds. The third kappa shape index (κ3) is 4.78. The number of benzene rings is 1. The summed E-state index contributed by atoms with van der Waals surface area (Å²) >= 11 is 6.23. The van der Waals surface area contributed by atoms with Gasteiger partial charge >= 0.3 is 5.97 Å². The molecule has 0 spiro atoms. The minimum Gasteiger partial charge on any atom is -0.493 e. The molecule has 3 nitrogen and oxygen atoms in total. The zero-order valence-corrected chi connectivity index (χ0v) is 13.8. The van der Waals surface area contributed by atoms with Crippen molar-refractivity contribution in [2.75, 3.05) is 6.61 Å². The number of aliphatic carboxylic acids is 1. The average Bonchev–Trinajstić information content (AvgIpc) is 2.41. The van der Waals surface area contributed by atoms with Crippen molar-refractivity contribution in [1.82, 2.24) is 0 Å². The van der Waals surface area contributed by atoms with Gasteiger partial charge in [0.15, 0.2) is 0 Å². The van der Waals surface area contributed by atoms with E-state index in [1.807, 2.05) is 26.0 Å². The van der Waals surface area contributed by atoms with Crippen molar-refractivity contribution in [2.24, 2.45) is 0 Å². The molecule has 1 aromatic rings. The topological polar surface area (TPSA) is 46.5 Å². The number of hydrogen-bond donors (Lipinski definition) is 1. The van der Waals surface area contributed by atoms with E-state index in [-0.39, 0.29) is 12.3 Å². The molecule has 1 rings (SSSR count). The number of ether oxygens (including phenoxy) is 1. The van der Waals surface area contributed by atoms with Gasteiger partial charge in [0.2, 0.25) is 0 Å². The molecule has 116 valence electrons. The molecule has 0 bridgehead atoms. The molecule has 0 unspecified atom stereocenters. The van der Waals surface area contributed by atoms with Gasteiger partial charge in [-0.2, -0.15) is 0 Å². The van der Waals surface area contributed by atoms with Crippen LogP contribution in [0.3, 0.4) is 0 Å². The number of carboxylic acids is 1. The molecule has 0 aliphatic heterocycles. The lowest BCUT2D eigenvalue weighted by Gasteiger charge is -2.19. The number of hydrogen-bond acceptors (Lipinski definition) is 2. The van der Waals surface area contributed by atoms with E-state index in [2.05, 4.69) is 13.8 Å². The average molecular weight is 311 g/mol. The Balaban J connectivity index is 3.43. The molecule has 0 radical (unpaired) electrons. The molecule has 0 heterocycles. The summed E-state index contributed by atoms with van der Waals surface area (Å²) in [5, 5.41) is 9.52. The lowest BCUT2D eigenvalue weighted by atomic mass is 9.94. The second-order valence-electron chi connectivity index (χ2n) is 5.14. The summed E-state index contributed by atoms with van der Waals surface area (Å²) in [5.41, 5.74) is 2.90. The first-order valence-electron chi connectivity index (χ1n) is 7.28. The molecule has 0 atom stereocenters. The minimum absolute atomic E-state index is 0.00172. The van der Waals surface area contributed by atoms with Gasteiger partial charge in [0.1, 0.15) is 5.75 Å². The van der Waals surface area contributed by atoms with Gasteiger partial charge in [-0.3, -0.25) is 4.79 Å². The van der Waals surface area contributed by atoms with Crippen molar-refractivity contribution in [3.63, 3.8) is 0 Å². The Morgan fingerprint density at radius 1 is 1.38 bits per heavy atom. The van der Waals surface area contributed by atoms with E-state index in [0.717, 1.165) is 28.9 Å². The van der Waals surface area contributed by atoms with E-state index in [1.165, 1.54) is 0 Å². The van der Waals surface area contributed by atoms with Crippen molar-refractivity contribution in [2.45, 2.75) is 46.5 Å². The number of carbonyl (C=O) groups is 1. The Morgan fingerprint density at radius 3 is 2.52 bits per heavy atom. The smallest absolute Gasteiger partial charge is 0.307 e. The maximum Gasteiger partial charge on any atom is 0.307 e. The molecule has 1 N–H and O–H groups in total. The van der Waals surface area contributed by atoms with Crippen LogP contribution in [-0.2, 0) is 4.79 Å². The first-order chi connectivity index (χ1) is 9.90. The molecule has 0 fully saturated rings. The van der Waals surface area contributed by atoms with Crippen LogP contribution in [0.4, 0.5) is 0 Å². The molecule has 0 aromatic heterocycles. The third-order valence-electron chi connectivity index (χ3n) is 3.24. The van der Waals surface area contributed by atoms with Crippen LogP contribution in [0.2, 0.25) is 5.02 Å². The third-order valence-corrected chi connectivity index (χ3v) is 3.46. The van der Waals surface area contributed by atoms with E-state index >= 15 is 0 Å². The Kier molecular flexibility index (Phi) is 6.76. The first kappa shape index (κ1) is 17.6. The number of halogens is 1. The molecule has 0 saturated heterocycles. The number of allylic oxidation sites excluding steroid dienone is 1. The Bertz CT molecular complexity index is 533. The quantitative estimate of drug-likeness (QED) is 0.759. The lowest BCUT2D eigenvalue weighted by Crippen LogP contribution is -2.03. The highest BCUT2D eigenvalue weighted by Crippen LogP contribution is 2.38. The fourth-order valence-corrected chi connectivity index (χ4v) is 2.47. The van der Waals surface area contributed by atoms with Crippen molar-refractivity contribution in [1.29, 1.82) is 0 Å². The maximum atomic E-state index is 10.8. The molecule has 0 aliphatic rings.